The van der Waals surface area contributed by atoms with E-state index in [0.29, 0.717) is 13.0 Å². The highest BCUT2D eigenvalue weighted by molar-refractivity contribution is 7.80. The summed E-state index contributed by atoms with van der Waals surface area (Å²) < 4.78 is 34.7. The molecule has 4 nitrogen and oxygen atoms in total. The van der Waals surface area contributed by atoms with E-state index in [1.54, 1.807) is 5.48 Å². The molecule has 0 aromatic carbocycles. The molecule has 0 unspecified atom stereocenters. The molecule has 0 saturated carbocycles. The number of rotatable bonds is 3. The Morgan fingerprint density at radius 2 is 2.07 bits per heavy atom. The van der Waals surface area contributed by atoms with Crippen molar-refractivity contribution in [1.29, 1.82) is 0 Å². The molecule has 0 spiro atoms. The number of nitrogens with two attached hydrogens (primary N) is 1. The second-order valence-corrected chi connectivity index (χ2v) is 2.80. The maximum atomic E-state index is 11.6. The smallest absolute Gasteiger partial charge is 0.335 e. The summed E-state index contributed by atoms with van der Waals surface area (Å²) in [5.74, 6) is -2.33. The van der Waals surface area contributed by atoms with Gasteiger partial charge in [0.15, 0.2) is 0 Å². The van der Waals surface area contributed by atoms with E-state index in [1.807, 2.05) is 0 Å². The molecule has 3 N–H and O–H groups in total. The Labute approximate surface area is 83.5 Å². The summed E-state index contributed by atoms with van der Waals surface area (Å²) >= 11 is 4.55. The molecule has 0 aromatic heterocycles. The van der Waals surface area contributed by atoms with Crippen molar-refractivity contribution in [2.45, 2.75) is 19.0 Å². The summed E-state index contributed by atoms with van der Waals surface area (Å²) in [6.45, 7) is 0.356. The molecule has 0 aliphatic heterocycles. The van der Waals surface area contributed by atoms with Crippen LogP contribution in [0.25, 0.3) is 0 Å². The van der Waals surface area contributed by atoms with Gasteiger partial charge in [0.05, 0.1) is 0 Å². The quantitative estimate of drug-likeness (QED) is 0.551. The normalized spacial score (nSPS) is 10.9. The lowest BCUT2D eigenvalue weighted by atomic mass is 10.3. The fourth-order valence-corrected chi connectivity index (χ4v) is 0.661. The molecule has 0 atom stereocenters. The van der Waals surface area contributed by atoms with Crippen LogP contribution in [0.15, 0.2) is 0 Å². The Hall–Kier alpha value is -0.890. The molecule has 0 aromatic rings. The predicted molar refractivity (Wildman–Crippen MR) is 46.2 cm³/mol. The molecule has 0 fully saturated rings. The minimum Gasteiger partial charge on any atom is -0.335 e. The standard InChI is InChI=1S/C6H9F3N2O2S/c7-6(8,9)5(12)13-11-4(14)2-1-3-10/h1-3,10H2,(H,11,14). The summed E-state index contributed by atoms with van der Waals surface area (Å²) in [7, 11) is 0. The third-order valence-electron chi connectivity index (χ3n) is 1.10. The van der Waals surface area contributed by atoms with Crippen molar-refractivity contribution in [2.24, 2.45) is 5.73 Å². The minimum absolute atomic E-state index is 0.00745. The first-order chi connectivity index (χ1) is 6.38. The predicted octanol–water partition coefficient (Wildman–Crippen LogP) is 0.663. The number of thiocarbonyl (C=S) groups is 1. The first kappa shape index (κ1) is 13.1. The highest BCUT2D eigenvalue weighted by Crippen LogP contribution is 2.15. The largest absolute Gasteiger partial charge is 0.493 e. The number of hydrogen-bond donors (Lipinski definition) is 2. The maximum absolute atomic E-state index is 11.6. The average molecular weight is 230 g/mol. The molecular weight excluding hydrogens is 221 g/mol. The lowest BCUT2D eigenvalue weighted by molar-refractivity contribution is -0.203. The monoisotopic (exact) mass is 230 g/mol. The topological polar surface area (TPSA) is 64.3 Å². The molecule has 8 heteroatoms. The zero-order chi connectivity index (χ0) is 11.2. The Morgan fingerprint density at radius 1 is 1.50 bits per heavy atom. The van der Waals surface area contributed by atoms with Crippen LogP contribution in [-0.2, 0) is 9.63 Å². The molecule has 0 bridgehead atoms. The van der Waals surface area contributed by atoms with Gasteiger partial charge in [-0.15, -0.1) is 0 Å². The van der Waals surface area contributed by atoms with Crippen LogP contribution in [0.1, 0.15) is 12.8 Å². The Bertz CT molecular complexity index is 220. The SMILES string of the molecule is NCCCC(=S)NOC(=O)C(F)(F)F. The summed E-state index contributed by atoms with van der Waals surface area (Å²) in [5, 5.41) is 0. The van der Waals surface area contributed by atoms with Crippen molar-refractivity contribution in [3.63, 3.8) is 0 Å². The van der Waals surface area contributed by atoms with Crippen LogP contribution in [0.4, 0.5) is 13.2 Å². The van der Waals surface area contributed by atoms with Crippen LogP contribution in [-0.4, -0.2) is 23.7 Å². The second-order valence-electron chi connectivity index (χ2n) is 2.30. The third kappa shape index (κ3) is 5.70. The van der Waals surface area contributed by atoms with Crippen LogP contribution in [0.3, 0.4) is 0 Å². The van der Waals surface area contributed by atoms with E-state index < -0.39 is 12.1 Å². The molecular formula is C6H9F3N2O2S. The molecule has 0 heterocycles. The van der Waals surface area contributed by atoms with Crippen LogP contribution in [0.2, 0.25) is 0 Å². The summed E-state index contributed by atoms with van der Waals surface area (Å²) in [5.41, 5.74) is 6.86. The highest BCUT2D eigenvalue weighted by atomic mass is 32.1. The lowest BCUT2D eigenvalue weighted by Gasteiger charge is -2.08. The van der Waals surface area contributed by atoms with Crippen LogP contribution in [0.5, 0.6) is 0 Å². The first-order valence-corrected chi connectivity index (χ1v) is 4.05. The van der Waals surface area contributed by atoms with E-state index in [9.17, 15) is 18.0 Å². The maximum Gasteiger partial charge on any atom is 0.493 e. The van der Waals surface area contributed by atoms with E-state index in [2.05, 4.69) is 17.1 Å². The molecule has 0 rings (SSSR count). The minimum atomic E-state index is -5.02. The summed E-state index contributed by atoms with van der Waals surface area (Å²) in [4.78, 5) is 13.8. The van der Waals surface area contributed by atoms with Gasteiger partial charge in [0.1, 0.15) is 4.99 Å². The lowest BCUT2D eigenvalue weighted by Crippen LogP contribution is -2.33. The number of carbonyl (C=O) groups excluding carboxylic acids is 1. The van der Waals surface area contributed by atoms with Crippen LogP contribution < -0.4 is 11.2 Å². The van der Waals surface area contributed by atoms with Crippen molar-refractivity contribution in [2.75, 3.05) is 6.54 Å². The fourth-order valence-electron chi connectivity index (χ4n) is 0.475. The van der Waals surface area contributed by atoms with Crippen molar-refractivity contribution in [3.8, 4) is 0 Å². The summed E-state index contributed by atoms with van der Waals surface area (Å²) in [6.07, 6.45) is -4.23. The third-order valence-corrected chi connectivity index (χ3v) is 1.38. The van der Waals surface area contributed by atoms with Gasteiger partial charge in [-0.3, -0.25) is 0 Å². The Balaban J connectivity index is 3.73. The van der Waals surface area contributed by atoms with Gasteiger partial charge in [-0.05, 0) is 13.0 Å². The van der Waals surface area contributed by atoms with Crippen molar-refractivity contribution in [1.82, 2.24) is 5.48 Å². The van der Waals surface area contributed by atoms with Gasteiger partial charge in [-0.2, -0.15) is 13.2 Å². The van der Waals surface area contributed by atoms with Crippen LogP contribution in [0, 0.1) is 0 Å². The second kappa shape index (κ2) is 5.76. The number of hydroxylamine groups is 1. The highest BCUT2D eigenvalue weighted by Gasteiger charge is 2.41. The molecule has 0 aliphatic carbocycles. The first-order valence-electron chi connectivity index (χ1n) is 3.65. The van der Waals surface area contributed by atoms with Gasteiger partial charge in [0, 0.05) is 6.42 Å². The van der Waals surface area contributed by atoms with E-state index in [1.165, 1.54) is 0 Å². The number of alkyl halides is 3. The van der Waals surface area contributed by atoms with Gasteiger partial charge in [-0.25, -0.2) is 10.3 Å². The number of carbonyl (C=O) groups is 1. The summed E-state index contributed by atoms with van der Waals surface area (Å²) in [6, 6.07) is 0. The van der Waals surface area contributed by atoms with Gasteiger partial charge in [-0.1, -0.05) is 12.2 Å². The van der Waals surface area contributed by atoms with Gasteiger partial charge >= 0.3 is 12.1 Å². The van der Waals surface area contributed by atoms with Crippen molar-refractivity contribution >= 4 is 23.2 Å². The Kier molecular flexibility index (Phi) is 5.39. The zero-order valence-electron chi connectivity index (χ0n) is 7.06. The number of hydrogen-bond acceptors (Lipinski definition) is 4. The van der Waals surface area contributed by atoms with E-state index in [0.717, 1.165) is 0 Å². The van der Waals surface area contributed by atoms with Gasteiger partial charge < -0.3 is 10.6 Å². The van der Waals surface area contributed by atoms with E-state index in [4.69, 9.17) is 5.73 Å². The van der Waals surface area contributed by atoms with Gasteiger partial charge in [0.2, 0.25) is 0 Å². The van der Waals surface area contributed by atoms with Gasteiger partial charge in [0.25, 0.3) is 0 Å². The van der Waals surface area contributed by atoms with Crippen molar-refractivity contribution < 1.29 is 22.8 Å². The number of halogens is 3. The van der Waals surface area contributed by atoms with E-state index in [-0.39, 0.29) is 11.4 Å². The molecule has 0 radical (unpaired) electrons. The van der Waals surface area contributed by atoms with E-state index >= 15 is 0 Å². The van der Waals surface area contributed by atoms with Crippen molar-refractivity contribution in [3.05, 3.63) is 0 Å². The molecule has 82 valence electrons. The average Bonchev–Trinajstić information content (AvgIpc) is 2.09. The molecule has 14 heavy (non-hydrogen) atoms. The Morgan fingerprint density at radius 3 is 2.50 bits per heavy atom. The molecule has 0 saturated heterocycles. The molecule has 0 aliphatic rings. The molecule has 0 amide bonds. The number of nitrogens with one attached hydrogen (secondary N) is 1. The van der Waals surface area contributed by atoms with Crippen LogP contribution >= 0.6 is 12.2 Å². The fraction of sp³-hybridized carbons (Fsp3) is 0.667. The zero-order valence-corrected chi connectivity index (χ0v) is 7.87.